The van der Waals surface area contributed by atoms with Gasteiger partial charge >= 0.3 is 5.97 Å². The molecule has 3 aromatic rings. The Labute approximate surface area is 181 Å². The Morgan fingerprint density at radius 1 is 1.13 bits per heavy atom. The Morgan fingerprint density at radius 2 is 1.87 bits per heavy atom. The summed E-state index contributed by atoms with van der Waals surface area (Å²) in [6.07, 6.45) is 0. The highest BCUT2D eigenvalue weighted by atomic mass is 32.2. The molecule has 6 nitrogen and oxygen atoms in total. The molecular formula is C23H27N3O3S. The van der Waals surface area contributed by atoms with Crippen LogP contribution >= 0.6 is 11.8 Å². The number of imidazole rings is 1. The van der Waals surface area contributed by atoms with Crippen LogP contribution in [-0.4, -0.2) is 45.7 Å². The SMILES string of the molecule is CCOC(=O)c1ccc2c(c1)nc(SCC(=O)N(C)Cc1ccc(C)cc1)n2CC. The standard InChI is InChI=1S/C23H27N3O3S/c1-5-26-20-12-11-18(22(28)29-6-2)13-19(20)24-23(26)30-15-21(27)25(4)14-17-9-7-16(3)8-10-17/h7-13H,5-6,14-15H2,1-4H3. The summed E-state index contributed by atoms with van der Waals surface area (Å²) >= 11 is 1.42. The first-order valence-electron chi connectivity index (χ1n) is 10.0. The lowest BCUT2D eigenvalue weighted by atomic mass is 10.1. The number of aromatic nitrogens is 2. The second-order valence-corrected chi connectivity index (χ2v) is 8.03. The number of aryl methyl sites for hydroxylation is 2. The lowest BCUT2D eigenvalue weighted by molar-refractivity contribution is -0.127. The summed E-state index contributed by atoms with van der Waals surface area (Å²) in [5.41, 5.74) is 4.45. The van der Waals surface area contributed by atoms with Crippen molar-refractivity contribution in [3.05, 3.63) is 59.2 Å². The first-order valence-corrected chi connectivity index (χ1v) is 11.0. The Balaban J connectivity index is 1.70. The average molecular weight is 426 g/mol. The lowest BCUT2D eigenvalue weighted by Crippen LogP contribution is -2.27. The molecule has 0 unspecified atom stereocenters. The van der Waals surface area contributed by atoms with Crippen LogP contribution in [-0.2, 0) is 22.6 Å². The number of nitrogens with zero attached hydrogens (tertiary/aromatic N) is 3. The molecule has 0 aliphatic carbocycles. The topological polar surface area (TPSA) is 64.4 Å². The Hall–Kier alpha value is -2.80. The molecule has 0 saturated heterocycles. The van der Waals surface area contributed by atoms with Crippen LogP contribution in [0.25, 0.3) is 11.0 Å². The van der Waals surface area contributed by atoms with Crippen LogP contribution in [0.15, 0.2) is 47.6 Å². The second-order valence-electron chi connectivity index (χ2n) is 7.09. The minimum absolute atomic E-state index is 0.0440. The van der Waals surface area contributed by atoms with E-state index in [4.69, 9.17) is 4.74 Å². The summed E-state index contributed by atoms with van der Waals surface area (Å²) in [5.74, 6) is -0.00813. The van der Waals surface area contributed by atoms with Crippen LogP contribution < -0.4 is 0 Å². The van der Waals surface area contributed by atoms with Crippen LogP contribution in [0, 0.1) is 6.92 Å². The molecule has 1 amide bonds. The van der Waals surface area contributed by atoms with E-state index in [1.165, 1.54) is 17.3 Å². The molecule has 2 aromatic carbocycles. The molecule has 0 atom stereocenters. The number of rotatable bonds is 8. The van der Waals surface area contributed by atoms with Crippen molar-refractivity contribution in [2.24, 2.45) is 0 Å². The van der Waals surface area contributed by atoms with Gasteiger partial charge in [-0.1, -0.05) is 41.6 Å². The number of esters is 1. The molecular weight excluding hydrogens is 398 g/mol. The molecule has 0 spiro atoms. The van der Waals surface area contributed by atoms with Crippen molar-refractivity contribution in [2.75, 3.05) is 19.4 Å². The molecule has 0 aliphatic heterocycles. The van der Waals surface area contributed by atoms with E-state index in [1.807, 2.05) is 39.1 Å². The highest BCUT2D eigenvalue weighted by Gasteiger charge is 2.16. The Morgan fingerprint density at radius 3 is 2.53 bits per heavy atom. The third kappa shape index (κ3) is 5.02. The Bertz CT molecular complexity index is 1040. The van der Waals surface area contributed by atoms with Gasteiger partial charge in [-0.2, -0.15) is 0 Å². The molecule has 1 heterocycles. The molecule has 1 aromatic heterocycles. The Kier molecular flexibility index (Phi) is 7.15. The van der Waals surface area contributed by atoms with E-state index in [2.05, 4.69) is 21.7 Å². The van der Waals surface area contributed by atoms with E-state index >= 15 is 0 Å². The largest absolute Gasteiger partial charge is 0.462 e. The van der Waals surface area contributed by atoms with Gasteiger partial charge in [0.15, 0.2) is 5.16 Å². The fourth-order valence-electron chi connectivity index (χ4n) is 3.16. The van der Waals surface area contributed by atoms with Gasteiger partial charge in [0, 0.05) is 20.1 Å². The molecule has 0 fully saturated rings. The maximum Gasteiger partial charge on any atom is 0.338 e. The van der Waals surface area contributed by atoms with Crippen molar-refractivity contribution in [3.63, 3.8) is 0 Å². The number of thioether (sulfide) groups is 1. The second kappa shape index (κ2) is 9.80. The van der Waals surface area contributed by atoms with Crippen LogP contribution in [0.4, 0.5) is 0 Å². The molecule has 0 N–H and O–H groups in total. The fourth-order valence-corrected chi connectivity index (χ4v) is 4.18. The summed E-state index contributed by atoms with van der Waals surface area (Å²) in [7, 11) is 1.82. The number of amides is 1. The molecule has 0 saturated carbocycles. The average Bonchev–Trinajstić information content (AvgIpc) is 3.10. The van der Waals surface area contributed by atoms with Crippen molar-refractivity contribution < 1.29 is 14.3 Å². The molecule has 7 heteroatoms. The van der Waals surface area contributed by atoms with Gasteiger partial charge in [0.1, 0.15) is 0 Å². The van der Waals surface area contributed by atoms with Gasteiger partial charge in [-0.05, 0) is 44.5 Å². The highest BCUT2D eigenvalue weighted by molar-refractivity contribution is 7.99. The van der Waals surface area contributed by atoms with E-state index in [0.717, 1.165) is 28.3 Å². The number of ether oxygens (including phenoxy) is 1. The van der Waals surface area contributed by atoms with Crippen LogP contribution in [0.3, 0.4) is 0 Å². The van der Waals surface area contributed by atoms with Crippen molar-refractivity contribution in [2.45, 2.75) is 39.0 Å². The summed E-state index contributed by atoms with van der Waals surface area (Å²) in [5, 5.41) is 0.769. The maximum atomic E-state index is 12.6. The van der Waals surface area contributed by atoms with Crippen molar-refractivity contribution in [1.29, 1.82) is 0 Å². The van der Waals surface area contributed by atoms with Gasteiger partial charge in [0.05, 0.1) is 29.0 Å². The smallest absolute Gasteiger partial charge is 0.338 e. The van der Waals surface area contributed by atoms with E-state index < -0.39 is 0 Å². The minimum Gasteiger partial charge on any atom is -0.462 e. The number of hydrogen-bond donors (Lipinski definition) is 0. The van der Waals surface area contributed by atoms with Crippen molar-refractivity contribution in [1.82, 2.24) is 14.5 Å². The first kappa shape index (κ1) is 21.9. The predicted octanol–water partition coefficient (Wildman–Crippen LogP) is 4.29. The normalized spacial score (nSPS) is 10.9. The summed E-state index contributed by atoms with van der Waals surface area (Å²) in [6.45, 7) is 7.50. The van der Waals surface area contributed by atoms with Crippen LogP contribution in [0.2, 0.25) is 0 Å². The lowest BCUT2D eigenvalue weighted by Gasteiger charge is -2.17. The molecule has 0 bridgehead atoms. The van der Waals surface area contributed by atoms with Crippen LogP contribution in [0.5, 0.6) is 0 Å². The number of carbonyl (C=O) groups is 2. The number of fused-ring (bicyclic) bond motifs is 1. The summed E-state index contributed by atoms with van der Waals surface area (Å²) in [4.78, 5) is 31.0. The van der Waals surface area contributed by atoms with E-state index in [9.17, 15) is 9.59 Å². The van der Waals surface area contributed by atoms with Gasteiger partial charge in [0.25, 0.3) is 0 Å². The minimum atomic E-state index is -0.354. The van der Waals surface area contributed by atoms with Gasteiger partial charge in [-0.15, -0.1) is 0 Å². The van der Waals surface area contributed by atoms with E-state index in [0.29, 0.717) is 24.5 Å². The zero-order valence-corrected chi connectivity index (χ0v) is 18.7. The summed E-state index contributed by atoms with van der Waals surface area (Å²) in [6, 6.07) is 13.6. The molecule has 30 heavy (non-hydrogen) atoms. The fraction of sp³-hybridized carbons (Fsp3) is 0.348. The number of carbonyl (C=O) groups excluding carboxylic acids is 2. The predicted molar refractivity (Wildman–Crippen MR) is 120 cm³/mol. The third-order valence-corrected chi connectivity index (χ3v) is 5.79. The molecule has 0 aliphatic rings. The van der Waals surface area contributed by atoms with Gasteiger partial charge in [-0.3, -0.25) is 4.79 Å². The van der Waals surface area contributed by atoms with Gasteiger partial charge in [0.2, 0.25) is 5.91 Å². The molecule has 0 radical (unpaired) electrons. The molecule has 158 valence electrons. The summed E-state index contributed by atoms with van der Waals surface area (Å²) < 4.78 is 7.13. The van der Waals surface area contributed by atoms with Crippen LogP contribution in [0.1, 0.15) is 35.3 Å². The zero-order valence-electron chi connectivity index (χ0n) is 17.8. The molecule has 3 rings (SSSR count). The van der Waals surface area contributed by atoms with Gasteiger partial charge in [-0.25, -0.2) is 9.78 Å². The van der Waals surface area contributed by atoms with E-state index in [1.54, 1.807) is 24.0 Å². The zero-order chi connectivity index (χ0) is 21.7. The highest BCUT2D eigenvalue weighted by Crippen LogP contribution is 2.25. The third-order valence-electron chi connectivity index (χ3n) is 4.83. The number of hydrogen-bond acceptors (Lipinski definition) is 5. The quantitative estimate of drug-likeness (QED) is 0.398. The van der Waals surface area contributed by atoms with Crippen molar-refractivity contribution >= 4 is 34.7 Å². The number of benzene rings is 2. The van der Waals surface area contributed by atoms with Gasteiger partial charge < -0.3 is 14.2 Å². The van der Waals surface area contributed by atoms with E-state index in [-0.39, 0.29) is 11.9 Å². The monoisotopic (exact) mass is 425 g/mol. The first-order chi connectivity index (χ1) is 14.4. The van der Waals surface area contributed by atoms with Crippen molar-refractivity contribution in [3.8, 4) is 0 Å². The maximum absolute atomic E-state index is 12.6.